The molecule has 3 aromatic carbocycles. The van der Waals surface area contributed by atoms with Crippen molar-refractivity contribution in [3.8, 4) is 11.3 Å². The zero-order valence-electron chi connectivity index (χ0n) is 22.2. The zero-order valence-corrected chi connectivity index (χ0v) is 23.8. The Labute approximate surface area is 246 Å². The van der Waals surface area contributed by atoms with Crippen LogP contribution >= 0.6 is 11.6 Å². The van der Waals surface area contributed by atoms with Crippen molar-refractivity contribution in [3.05, 3.63) is 102 Å². The first-order valence-corrected chi connectivity index (χ1v) is 15.1. The Balaban J connectivity index is 1.24. The second-order valence-electron chi connectivity index (χ2n) is 10.0. The van der Waals surface area contributed by atoms with Gasteiger partial charge in [0.1, 0.15) is 5.82 Å². The molecule has 2 aromatic heterocycles. The molecule has 0 atom stereocenters. The van der Waals surface area contributed by atoms with Crippen molar-refractivity contribution in [2.24, 2.45) is 0 Å². The van der Waals surface area contributed by atoms with Crippen molar-refractivity contribution in [1.82, 2.24) is 18.8 Å². The van der Waals surface area contributed by atoms with E-state index in [1.165, 1.54) is 28.5 Å². The molecule has 1 aliphatic rings. The van der Waals surface area contributed by atoms with Crippen molar-refractivity contribution >= 4 is 50.1 Å². The number of amides is 1. The number of hydrogen-bond acceptors (Lipinski definition) is 7. The van der Waals surface area contributed by atoms with Gasteiger partial charge in [-0.15, -0.1) is 0 Å². The average molecular weight is 605 g/mol. The van der Waals surface area contributed by atoms with Gasteiger partial charge in [0.15, 0.2) is 0 Å². The number of fused-ring (bicyclic) bond motifs is 1. The molecule has 1 saturated heterocycles. The molecule has 214 valence electrons. The molecule has 1 amide bonds. The van der Waals surface area contributed by atoms with Crippen LogP contribution in [0.3, 0.4) is 0 Å². The third kappa shape index (κ3) is 5.17. The number of carbonyl (C=O) groups is 1. The molecule has 9 nitrogen and oxygen atoms in total. The molecule has 12 heteroatoms. The summed E-state index contributed by atoms with van der Waals surface area (Å²) in [6, 6.07) is 19.4. The van der Waals surface area contributed by atoms with E-state index in [2.05, 4.69) is 15.3 Å². The minimum atomic E-state index is -3.88. The van der Waals surface area contributed by atoms with E-state index in [-0.39, 0.29) is 33.1 Å². The highest BCUT2D eigenvalue weighted by atomic mass is 35.5. The lowest BCUT2D eigenvalue weighted by atomic mass is 10.0. The number of aromatic nitrogens is 3. The molecular formula is C30H26ClFN6O3S. The van der Waals surface area contributed by atoms with Gasteiger partial charge in [-0.05, 0) is 49.2 Å². The smallest absolute Gasteiger partial charge is 0.268 e. The minimum Gasteiger partial charge on any atom is -0.399 e. The summed E-state index contributed by atoms with van der Waals surface area (Å²) in [4.78, 5) is 23.6. The van der Waals surface area contributed by atoms with Crippen LogP contribution in [-0.2, 0) is 10.0 Å². The number of hydrogen-bond donors (Lipinski definition) is 2. The average Bonchev–Trinajstić information content (AvgIpc) is 3.39. The summed E-state index contributed by atoms with van der Waals surface area (Å²) in [6.07, 6.45) is 4.20. The molecule has 0 unspecified atom stereocenters. The van der Waals surface area contributed by atoms with E-state index in [0.717, 1.165) is 6.07 Å². The molecule has 0 bridgehead atoms. The van der Waals surface area contributed by atoms with Crippen LogP contribution in [0.4, 0.5) is 16.0 Å². The van der Waals surface area contributed by atoms with E-state index >= 15 is 0 Å². The molecule has 3 heterocycles. The highest BCUT2D eigenvalue weighted by molar-refractivity contribution is 7.90. The predicted octanol–water partition coefficient (Wildman–Crippen LogP) is 5.43. The van der Waals surface area contributed by atoms with E-state index in [0.29, 0.717) is 54.0 Å². The number of nitrogens with one attached hydrogen (secondary N) is 1. The molecule has 42 heavy (non-hydrogen) atoms. The maximum Gasteiger partial charge on any atom is 0.268 e. The number of anilines is 2. The van der Waals surface area contributed by atoms with Gasteiger partial charge in [-0.2, -0.15) is 0 Å². The summed E-state index contributed by atoms with van der Waals surface area (Å²) < 4.78 is 42.6. The van der Waals surface area contributed by atoms with Crippen LogP contribution in [0.5, 0.6) is 0 Å². The van der Waals surface area contributed by atoms with Crippen LogP contribution in [0.1, 0.15) is 23.2 Å². The number of likely N-dealkylation sites (tertiary alicyclic amines) is 1. The van der Waals surface area contributed by atoms with Gasteiger partial charge in [-0.1, -0.05) is 48.0 Å². The van der Waals surface area contributed by atoms with Gasteiger partial charge >= 0.3 is 0 Å². The fourth-order valence-electron chi connectivity index (χ4n) is 5.15. The van der Waals surface area contributed by atoms with Crippen molar-refractivity contribution in [3.63, 3.8) is 0 Å². The number of rotatable bonds is 6. The van der Waals surface area contributed by atoms with Gasteiger partial charge in [-0.3, -0.25) is 4.79 Å². The fraction of sp³-hybridized carbons (Fsp3) is 0.167. The van der Waals surface area contributed by atoms with Crippen LogP contribution in [0, 0.1) is 5.82 Å². The maximum atomic E-state index is 14.3. The number of nitrogens with two attached hydrogens (primary N) is 1. The number of benzene rings is 3. The maximum absolute atomic E-state index is 14.3. The monoisotopic (exact) mass is 604 g/mol. The van der Waals surface area contributed by atoms with Crippen LogP contribution < -0.4 is 11.1 Å². The lowest BCUT2D eigenvalue weighted by Crippen LogP contribution is -2.42. The van der Waals surface area contributed by atoms with Crippen molar-refractivity contribution in [1.29, 1.82) is 0 Å². The lowest BCUT2D eigenvalue weighted by Gasteiger charge is -2.32. The third-order valence-corrected chi connectivity index (χ3v) is 9.28. The number of nitrogens with zero attached hydrogens (tertiary/aromatic N) is 4. The summed E-state index contributed by atoms with van der Waals surface area (Å²) in [5.74, 6) is -0.690. The van der Waals surface area contributed by atoms with Gasteiger partial charge in [0.25, 0.3) is 15.9 Å². The summed E-state index contributed by atoms with van der Waals surface area (Å²) in [6.45, 7) is 0.844. The number of nitrogen functional groups attached to an aromatic ring is 1. The molecule has 0 radical (unpaired) electrons. The van der Waals surface area contributed by atoms with Gasteiger partial charge in [0.05, 0.1) is 32.9 Å². The van der Waals surface area contributed by atoms with Gasteiger partial charge in [0.2, 0.25) is 5.95 Å². The van der Waals surface area contributed by atoms with E-state index in [1.807, 2.05) is 12.1 Å². The zero-order chi connectivity index (χ0) is 29.4. The SMILES string of the molecule is Nc1ccc(C(=O)N2CCC(Nc3ncc(Cl)c(-c4cn(S(=O)(=O)c5ccccc5)c5ccccc45)n3)CC2)c(F)c1. The third-order valence-electron chi connectivity index (χ3n) is 7.32. The molecule has 5 aromatic rings. The van der Waals surface area contributed by atoms with Crippen molar-refractivity contribution < 1.29 is 17.6 Å². The predicted molar refractivity (Wildman–Crippen MR) is 160 cm³/mol. The highest BCUT2D eigenvalue weighted by Gasteiger charge is 2.27. The quantitative estimate of drug-likeness (QED) is 0.248. The number of halogens is 2. The largest absolute Gasteiger partial charge is 0.399 e. The lowest BCUT2D eigenvalue weighted by molar-refractivity contribution is 0.0713. The molecule has 3 N–H and O–H groups in total. The Kier molecular flexibility index (Phi) is 7.29. The highest BCUT2D eigenvalue weighted by Crippen LogP contribution is 2.36. The molecular weight excluding hydrogens is 579 g/mol. The molecule has 1 fully saturated rings. The summed E-state index contributed by atoms with van der Waals surface area (Å²) in [5, 5.41) is 4.25. The molecule has 0 aliphatic carbocycles. The summed E-state index contributed by atoms with van der Waals surface area (Å²) in [7, 11) is -3.88. The van der Waals surface area contributed by atoms with Gasteiger partial charge in [0, 0.05) is 42.0 Å². The van der Waals surface area contributed by atoms with E-state index < -0.39 is 15.8 Å². The Hall–Kier alpha value is -4.48. The standard InChI is InChI=1S/C30H26ClFN6O3S/c31-25-17-34-30(35-20-12-14-37(15-13-20)29(39)23-11-10-19(33)16-26(23)32)36-28(25)24-18-38(27-9-5-4-8-22(24)27)42(40,41)21-6-2-1-3-7-21/h1-11,16-18,20H,12-15,33H2,(H,34,35,36). The summed E-state index contributed by atoms with van der Waals surface area (Å²) >= 11 is 6.55. The Morgan fingerprint density at radius 3 is 2.48 bits per heavy atom. The first kappa shape index (κ1) is 27.7. The molecule has 0 saturated carbocycles. The number of carbonyl (C=O) groups excluding carboxylic acids is 1. The van der Waals surface area contributed by atoms with Crippen LogP contribution in [0.15, 0.2) is 90.1 Å². The Morgan fingerprint density at radius 2 is 1.74 bits per heavy atom. The second kappa shape index (κ2) is 11.1. The molecule has 6 rings (SSSR count). The first-order valence-electron chi connectivity index (χ1n) is 13.3. The van der Waals surface area contributed by atoms with Crippen molar-refractivity contribution in [2.45, 2.75) is 23.8 Å². The molecule has 1 aliphatic heterocycles. The van der Waals surface area contributed by atoms with Crippen LogP contribution in [0.2, 0.25) is 5.02 Å². The second-order valence-corrected chi connectivity index (χ2v) is 12.2. The van der Waals surface area contributed by atoms with Gasteiger partial charge in [-0.25, -0.2) is 26.7 Å². The van der Waals surface area contributed by atoms with E-state index in [9.17, 15) is 17.6 Å². The normalized spacial score (nSPS) is 14.3. The van der Waals surface area contributed by atoms with E-state index in [1.54, 1.807) is 47.4 Å². The van der Waals surface area contributed by atoms with E-state index in [4.69, 9.17) is 17.3 Å². The van der Waals surface area contributed by atoms with Gasteiger partial charge < -0.3 is 16.0 Å². The summed E-state index contributed by atoms with van der Waals surface area (Å²) in [5.41, 5.74) is 7.29. The Bertz CT molecular complexity index is 1910. The minimum absolute atomic E-state index is 0.00488. The van der Waals surface area contributed by atoms with Crippen molar-refractivity contribution in [2.75, 3.05) is 24.1 Å². The first-order chi connectivity index (χ1) is 20.2. The molecule has 0 spiro atoms. The number of para-hydroxylation sites is 1. The Morgan fingerprint density at radius 1 is 1.02 bits per heavy atom. The fourth-order valence-corrected chi connectivity index (χ4v) is 6.74. The number of piperidine rings is 1. The topological polar surface area (TPSA) is 123 Å². The van der Waals surface area contributed by atoms with Crippen LogP contribution in [-0.4, -0.2) is 52.3 Å². The van der Waals surface area contributed by atoms with Crippen LogP contribution in [0.25, 0.3) is 22.2 Å².